The van der Waals surface area contributed by atoms with Crippen molar-refractivity contribution in [3.8, 4) is 5.75 Å². The minimum atomic E-state index is 0.363. The van der Waals surface area contributed by atoms with Crippen LogP contribution in [0.3, 0.4) is 0 Å². The number of piperidine rings is 2. The first-order valence-corrected chi connectivity index (χ1v) is 7.27. The summed E-state index contributed by atoms with van der Waals surface area (Å²) in [5.41, 5.74) is 1.09. The highest BCUT2D eigenvalue weighted by Gasteiger charge is 2.32. The summed E-state index contributed by atoms with van der Waals surface area (Å²) in [4.78, 5) is 0. The molecule has 2 saturated heterocycles. The van der Waals surface area contributed by atoms with E-state index >= 15 is 0 Å². The summed E-state index contributed by atoms with van der Waals surface area (Å²) in [6.45, 7) is 2.02. The second-order valence-electron chi connectivity index (χ2n) is 5.61. The molecule has 2 heterocycles. The van der Waals surface area contributed by atoms with E-state index in [0.717, 1.165) is 29.2 Å². The van der Waals surface area contributed by atoms with Crippen molar-refractivity contribution >= 4 is 11.6 Å². The Morgan fingerprint density at radius 2 is 1.94 bits per heavy atom. The van der Waals surface area contributed by atoms with E-state index in [1.54, 1.807) is 0 Å². The van der Waals surface area contributed by atoms with Gasteiger partial charge in [0.1, 0.15) is 11.9 Å². The predicted octanol–water partition coefficient (Wildman–Crippen LogP) is 3.70. The molecule has 98 valence electrons. The van der Waals surface area contributed by atoms with Crippen molar-refractivity contribution in [3.05, 3.63) is 28.8 Å². The molecule has 1 aromatic carbocycles. The standard InChI is InChI=1S/C15H20ClNO/c1-10-7-13(5-6-15(10)16)18-14-8-11-3-2-4-12(9-14)17-11/h5-7,11-12,14,17H,2-4,8-9H2,1H3/t11-,12+,14?. The predicted molar refractivity (Wildman–Crippen MR) is 74.4 cm³/mol. The van der Waals surface area contributed by atoms with Gasteiger partial charge in [-0.15, -0.1) is 0 Å². The third-order valence-electron chi connectivity index (χ3n) is 4.10. The molecule has 0 aromatic heterocycles. The summed E-state index contributed by atoms with van der Waals surface area (Å²) in [6, 6.07) is 7.27. The zero-order chi connectivity index (χ0) is 12.5. The van der Waals surface area contributed by atoms with Gasteiger partial charge in [-0.1, -0.05) is 18.0 Å². The minimum Gasteiger partial charge on any atom is -0.490 e. The first kappa shape index (κ1) is 12.3. The van der Waals surface area contributed by atoms with Gasteiger partial charge in [0.25, 0.3) is 0 Å². The molecule has 3 heteroatoms. The largest absolute Gasteiger partial charge is 0.490 e. The van der Waals surface area contributed by atoms with Crippen molar-refractivity contribution in [2.45, 2.75) is 57.2 Å². The number of benzene rings is 1. The van der Waals surface area contributed by atoms with Crippen LogP contribution in [0.5, 0.6) is 5.75 Å². The fourth-order valence-electron chi connectivity index (χ4n) is 3.19. The molecule has 1 unspecified atom stereocenters. The summed E-state index contributed by atoms with van der Waals surface area (Å²) >= 11 is 6.04. The Kier molecular flexibility index (Phi) is 3.49. The lowest BCUT2D eigenvalue weighted by molar-refractivity contribution is 0.0927. The smallest absolute Gasteiger partial charge is 0.120 e. The third kappa shape index (κ3) is 2.65. The van der Waals surface area contributed by atoms with E-state index in [2.05, 4.69) is 5.32 Å². The molecule has 2 aliphatic rings. The molecule has 2 nitrogen and oxygen atoms in total. The molecule has 2 aliphatic heterocycles. The van der Waals surface area contributed by atoms with Crippen molar-refractivity contribution in [3.63, 3.8) is 0 Å². The maximum absolute atomic E-state index is 6.13. The molecule has 0 radical (unpaired) electrons. The second kappa shape index (κ2) is 5.10. The summed E-state index contributed by atoms with van der Waals surface area (Å²) in [5, 5.41) is 4.50. The van der Waals surface area contributed by atoms with Crippen LogP contribution < -0.4 is 10.1 Å². The Morgan fingerprint density at radius 3 is 2.61 bits per heavy atom. The van der Waals surface area contributed by atoms with E-state index in [9.17, 15) is 0 Å². The molecule has 0 saturated carbocycles. The summed E-state index contributed by atoms with van der Waals surface area (Å²) < 4.78 is 6.13. The van der Waals surface area contributed by atoms with E-state index in [1.165, 1.54) is 19.3 Å². The van der Waals surface area contributed by atoms with Gasteiger partial charge in [-0.2, -0.15) is 0 Å². The number of hydrogen-bond acceptors (Lipinski definition) is 2. The molecule has 3 rings (SSSR count). The summed E-state index contributed by atoms with van der Waals surface area (Å²) in [7, 11) is 0. The van der Waals surface area contributed by atoms with Crippen LogP contribution in [0.4, 0.5) is 0 Å². The lowest BCUT2D eigenvalue weighted by atomic mass is 9.85. The molecule has 0 spiro atoms. The topological polar surface area (TPSA) is 21.3 Å². The van der Waals surface area contributed by atoms with Gasteiger partial charge in [0.05, 0.1) is 0 Å². The number of fused-ring (bicyclic) bond motifs is 2. The van der Waals surface area contributed by atoms with Gasteiger partial charge in [0.2, 0.25) is 0 Å². The Morgan fingerprint density at radius 1 is 1.22 bits per heavy atom. The lowest BCUT2D eigenvalue weighted by Gasteiger charge is -2.40. The maximum Gasteiger partial charge on any atom is 0.120 e. The normalized spacial score (nSPS) is 31.1. The van der Waals surface area contributed by atoms with Crippen LogP contribution in [0.1, 0.15) is 37.7 Å². The monoisotopic (exact) mass is 265 g/mol. The summed E-state index contributed by atoms with van der Waals surface area (Å²) in [5.74, 6) is 0.960. The molecule has 0 aliphatic carbocycles. The molecule has 2 bridgehead atoms. The fraction of sp³-hybridized carbons (Fsp3) is 0.600. The van der Waals surface area contributed by atoms with Crippen molar-refractivity contribution in [2.24, 2.45) is 0 Å². The van der Waals surface area contributed by atoms with Crippen LogP contribution in [0, 0.1) is 6.92 Å². The Balaban J connectivity index is 1.67. The van der Waals surface area contributed by atoms with Crippen molar-refractivity contribution in [1.82, 2.24) is 5.32 Å². The third-order valence-corrected chi connectivity index (χ3v) is 4.53. The van der Waals surface area contributed by atoms with Gasteiger partial charge in [-0.05, 0) is 56.4 Å². The van der Waals surface area contributed by atoms with Crippen molar-refractivity contribution < 1.29 is 4.74 Å². The average molecular weight is 266 g/mol. The van der Waals surface area contributed by atoms with Crippen molar-refractivity contribution in [2.75, 3.05) is 0 Å². The highest BCUT2D eigenvalue weighted by atomic mass is 35.5. The van der Waals surface area contributed by atoms with Crippen LogP contribution in [-0.4, -0.2) is 18.2 Å². The molecule has 1 aromatic rings. The molecular formula is C15H20ClNO. The molecule has 2 fully saturated rings. The zero-order valence-electron chi connectivity index (χ0n) is 10.8. The van der Waals surface area contributed by atoms with Crippen LogP contribution in [-0.2, 0) is 0 Å². The average Bonchev–Trinajstić information content (AvgIpc) is 2.33. The van der Waals surface area contributed by atoms with E-state index in [1.807, 2.05) is 25.1 Å². The number of nitrogens with one attached hydrogen (secondary N) is 1. The molecule has 1 N–H and O–H groups in total. The highest BCUT2D eigenvalue weighted by Crippen LogP contribution is 2.29. The second-order valence-corrected chi connectivity index (χ2v) is 6.02. The van der Waals surface area contributed by atoms with E-state index in [0.29, 0.717) is 18.2 Å². The number of hydrogen-bond donors (Lipinski definition) is 1. The number of halogens is 1. The highest BCUT2D eigenvalue weighted by molar-refractivity contribution is 6.31. The van der Waals surface area contributed by atoms with E-state index in [-0.39, 0.29) is 0 Å². The first-order valence-electron chi connectivity index (χ1n) is 6.89. The molecular weight excluding hydrogens is 246 g/mol. The maximum atomic E-state index is 6.13. The lowest BCUT2D eigenvalue weighted by Crippen LogP contribution is -2.51. The minimum absolute atomic E-state index is 0.363. The van der Waals surface area contributed by atoms with Gasteiger partial charge >= 0.3 is 0 Å². The molecule has 0 amide bonds. The number of aryl methyl sites for hydroxylation is 1. The van der Waals surface area contributed by atoms with Gasteiger partial charge in [-0.25, -0.2) is 0 Å². The Bertz CT molecular complexity index is 423. The number of rotatable bonds is 2. The zero-order valence-corrected chi connectivity index (χ0v) is 11.5. The fourth-order valence-corrected chi connectivity index (χ4v) is 3.31. The van der Waals surface area contributed by atoms with Gasteiger partial charge in [0.15, 0.2) is 0 Å². The van der Waals surface area contributed by atoms with E-state index < -0.39 is 0 Å². The van der Waals surface area contributed by atoms with Crippen LogP contribution in [0.25, 0.3) is 0 Å². The van der Waals surface area contributed by atoms with E-state index in [4.69, 9.17) is 16.3 Å². The quantitative estimate of drug-likeness (QED) is 0.880. The van der Waals surface area contributed by atoms with Crippen molar-refractivity contribution in [1.29, 1.82) is 0 Å². The Hall–Kier alpha value is -0.730. The van der Waals surface area contributed by atoms with Crippen LogP contribution in [0.15, 0.2) is 18.2 Å². The van der Waals surface area contributed by atoms with Gasteiger partial charge < -0.3 is 10.1 Å². The molecule has 18 heavy (non-hydrogen) atoms. The molecule has 3 atom stereocenters. The SMILES string of the molecule is Cc1cc(OC2C[C@H]3CCC[C@@H](C2)N3)ccc1Cl. The van der Waals surface area contributed by atoms with Crippen LogP contribution >= 0.6 is 11.6 Å². The Labute approximate surface area is 114 Å². The summed E-state index contributed by atoms with van der Waals surface area (Å²) in [6.07, 6.45) is 6.61. The van der Waals surface area contributed by atoms with Gasteiger partial charge in [-0.3, -0.25) is 0 Å². The van der Waals surface area contributed by atoms with Crippen LogP contribution in [0.2, 0.25) is 5.02 Å². The number of ether oxygens (including phenoxy) is 1. The van der Waals surface area contributed by atoms with Gasteiger partial charge in [0, 0.05) is 17.1 Å². The first-order chi connectivity index (χ1) is 8.70.